The van der Waals surface area contributed by atoms with Crippen LogP contribution in [0, 0.1) is 5.92 Å². The summed E-state index contributed by atoms with van der Waals surface area (Å²) >= 11 is 0. The Balaban J connectivity index is 1.37. The van der Waals surface area contributed by atoms with Crippen molar-refractivity contribution in [2.24, 2.45) is 5.92 Å². The van der Waals surface area contributed by atoms with Crippen LogP contribution in [0.5, 0.6) is 0 Å². The Morgan fingerprint density at radius 3 is 2.64 bits per heavy atom. The molecule has 1 heterocycles. The second-order valence-corrected chi connectivity index (χ2v) is 6.61. The van der Waals surface area contributed by atoms with Gasteiger partial charge in [0.2, 0.25) is 0 Å². The van der Waals surface area contributed by atoms with Gasteiger partial charge in [-0.25, -0.2) is 9.59 Å². The quantitative estimate of drug-likeness (QED) is 0.504. The highest BCUT2D eigenvalue weighted by Crippen LogP contribution is 2.34. The number of amides is 5. The van der Waals surface area contributed by atoms with Gasteiger partial charge < -0.3 is 16.0 Å². The molecule has 0 aromatic rings. The normalized spacial score (nSPS) is 23.0. The fraction of sp³-hybridized carbons (Fsp3) is 0.800. The molecular weight excluding hydrogens is 284 g/mol. The van der Waals surface area contributed by atoms with Crippen molar-refractivity contribution in [3.05, 3.63) is 0 Å². The zero-order valence-corrected chi connectivity index (χ0v) is 12.8. The molecule has 2 saturated carbocycles. The highest BCUT2D eigenvalue weighted by atomic mass is 16.2. The number of nitrogens with zero attached hydrogens (tertiary/aromatic N) is 1. The summed E-state index contributed by atoms with van der Waals surface area (Å²) in [7, 11) is 0. The third kappa shape index (κ3) is 3.18. The Bertz CT molecular complexity index is 469. The van der Waals surface area contributed by atoms with Crippen molar-refractivity contribution in [1.29, 1.82) is 0 Å². The topological polar surface area (TPSA) is 90.5 Å². The Kier molecular flexibility index (Phi) is 4.22. The fourth-order valence-electron chi connectivity index (χ4n) is 3.26. The summed E-state index contributed by atoms with van der Waals surface area (Å²) in [5.74, 6) is 0.562. The Hall–Kier alpha value is -1.79. The van der Waals surface area contributed by atoms with Crippen LogP contribution >= 0.6 is 0 Å². The number of carbonyl (C=O) groups is 3. The van der Waals surface area contributed by atoms with Crippen LogP contribution in [0.4, 0.5) is 9.59 Å². The van der Waals surface area contributed by atoms with Gasteiger partial charge in [0, 0.05) is 19.6 Å². The van der Waals surface area contributed by atoms with Crippen LogP contribution in [-0.4, -0.2) is 48.0 Å². The van der Waals surface area contributed by atoms with Gasteiger partial charge in [-0.15, -0.1) is 0 Å². The van der Waals surface area contributed by atoms with Crippen LogP contribution in [0.1, 0.15) is 44.9 Å². The second-order valence-electron chi connectivity index (χ2n) is 6.61. The van der Waals surface area contributed by atoms with E-state index in [1.54, 1.807) is 0 Å². The number of nitrogens with one attached hydrogen (secondary N) is 3. The molecule has 0 aromatic carbocycles. The van der Waals surface area contributed by atoms with E-state index in [1.807, 2.05) is 0 Å². The minimum Gasteiger partial charge on any atom is -0.338 e. The highest BCUT2D eigenvalue weighted by Gasteiger charge is 2.51. The smallest absolute Gasteiger partial charge is 0.325 e. The first-order valence-corrected chi connectivity index (χ1v) is 8.26. The van der Waals surface area contributed by atoms with E-state index in [-0.39, 0.29) is 18.0 Å². The van der Waals surface area contributed by atoms with E-state index in [0.29, 0.717) is 25.4 Å². The first-order valence-electron chi connectivity index (χ1n) is 8.26. The SMILES string of the molecule is O=C(NCCCN1C(=O)NC2(CCCC2)C1=O)NCC1CC1. The van der Waals surface area contributed by atoms with Crippen molar-refractivity contribution >= 4 is 18.0 Å². The number of rotatable bonds is 6. The molecular formula is C15H24N4O3. The van der Waals surface area contributed by atoms with Crippen LogP contribution in [-0.2, 0) is 4.79 Å². The summed E-state index contributed by atoms with van der Waals surface area (Å²) in [5.41, 5.74) is -0.633. The minimum atomic E-state index is -0.633. The van der Waals surface area contributed by atoms with Crippen molar-refractivity contribution in [1.82, 2.24) is 20.9 Å². The third-order valence-corrected chi connectivity index (χ3v) is 4.80. The molecule has 3 aliphatic rings. The van der Waals surface area contributed by atoms with E-state index in [2.05, 4.69) is 16.0 Å². The molecule has 1 saturated heterocycles. The van der Waals surface area contributed by atoms with Gasteiger partial charge in [0.25, 0.3) is 5.91 Å². The maximum atomic E-state index is 12.4. The van der Waals surface area contributed by atoms with E-state index < -0.39 is 5.54 Å². The summed E-state index contributed by atoms with van der Waals surface area (Å²) in [4.78, 5) is 37.2. The lowest BCUT2D eigenvalue weighted by atomic mass is 9.98. The first kappa shape index (κ1) is 15.1. The van der Waals surface area contributed by atoms with Crippen LogP contribution in [0.15, 0.2) is 0 Å². The molecule has 3 rings (SSSR count). The number of urea groups is 2. The van der Waals surface area contributed by atoms with Gasteiger partial charge in [-0.2, -0.15) is 0 Å². The lowest BCUT2D eigenvalue weighted by Crippen LogP contribution is -2.44. The maximum Gasteiger partial charge on any atom is 0.325 e. The maximum absolute atomic E-state index is 12.4. The lowest BCUT2D eigenvalue weighted by molar-refractivity contribution is -0.131. The second kappa shape index (κ2) is 6.14. The molecule has 5 amide bonds. The minimum absolute atomic E-state index is 0.0896. The van der Waals surface area contributed by atoms with Crippen molar-refractivity contribution in [3.8, 4) is 0 Å². The zero-order chi connectivity index (χ0) is 15.6. The van der Waals surface area contributed by atoms with E-state index >= 15 is 0 Å². The summed E-state index contributed by atoms with van der Waals surface area (Å²) in [5, 5.41) is 8.44. The molecule has 2 aliphatic carbocycles. The molecule has 0 unspecified atom stereocenters. The first-order chi connectivity index (χ1) is 10.6. The number of hydrogen-bond donors (Lipinski definition) is 3. The molecule has 0 aromatic heterocycles. The van der Waals surface area contributed by atoms with E-state index in [9.17, 15) is 14.4 Å². The highest BCUT2D eigenvalue weighted by molar-refractivity contribution is 6.07. The molecule has 0 radical (unpaired) electrons. The fourth-order valence-corrected chi connectivity index (χ4v) is 3.26. The van der Waals surface area contributed by atoms with Crippen molar-refractivity contribution in [3.63, 3.8) is 0 Å². The molecule has 7 heteroatoms. The molecule has 1 aliphatic heterocycles. The van der Waals surface area contributed by atoms with Gasteiger partial charge in [0.05, 0.1) is 0 Å². The Labute approximate surface area is 130 Å². The summed E-state index contributed by atoms with van der Waals surface area (Å²) in [6, 6.07) is -0.457. The zero-order valence-electron chi connectivity index (χ0n) is 12.8. The third-order valence-electron chi connectivity index (χ3n) is 4.80. The molecule has 7 nitrogen and oxygen atoms in total. The summed E-state index contributed by atoms with van der Waals surface area (Å²) in [6.45, 7) is 1.55. The van der Waals surface area contributed by atoms with Crippen LogP contribution < -0.4 is 16.0 Å². The van der Waals surface area contributed by atoms with E-state index in [4.69, 9.17) is 0 Å². The van der Waals surface area contributed by atoms with Crippen LogP contribution in [0.2, 0.25) is 0 Å². The molecule has 3 fully saturated rings. The van der Waals surface area contributed by atoms with Crippen molar-refractivity contribution < 1.29 is 14.4 Å². The van der Waals surface area contributed by atoms with Crippen LogP contribution in [0.3, 0.4) is 0 Å². The molecule has 1 spiro atoms. The number of imide groups is 1. The molecule has 0 bridgehead atoms. The van der Waals surface area contributed by atoms with Gasteiger partial charge in [-0.3, -0.25) is 9.69 Å². The Morgan fingerprint density at radius 1 is 1.23 bits per heavy atom. The summed E-state index contributed by atoms with van der Waals surface area (Å²) < 4.78 is 0. The van der Waals surface area contributed by atoms with Gasteiger partial charge in [0.15, 0.2) is 0 Å². The average molecular weight is 308 g/mol. The van der Waals surface area contributed by atoms with Crippen LogP contribution in [0.25, 0.3) is 0 Å². The lowest BCUT2D eigenvalue weighted by Gasteiger charge is -2.20. The van der Waals surface area contributed by atoms with Gasteiger partial charge in [0.1, 0.15) is 5.54 Å². The van der Waals surface area contributed by atoms with Gasteiger partial charge >= 0.3 is 12.1 Å². The standard InChI is InChI=1S/C15H24N4O3/c20-12-15(6-1-2-7-15)18-14(22)19(12)9-3-8-16-13(21)17-10-11-4-5-11/h11H,1-10H2,(H,18,22)(H2,16,17,21). The van der Waals surface area contributed by atoms with E-state index in [0.717, 1.165) is 32.2 Å². The largest absolute Gasteiger partial charge is 0.338 e. The number of carbonyl (C=O) groups excluding carboxylic acids is 3. The molecule has 0 atom stereocenters. The van der Waals surface area contributed by atoms with E-state index in [1.165, 1.54) is 17.7 Å². The number of hydrogen-bond acceptors (Lipinski definition) is 3. The van der Waals surface area contributed by atoms with Gasteiger partial charge in [-0.1, -0.05) is 12.8 Å². The molecule has 3 N–H and O–H groups in total. The summed E-state index contributed by atoms with van der Waals surface area (Å²) in [6.07, 6.45) is 6.45. The van der Waals surface area contributed by atoms with Crippen molar-refractivity contribution in [2.75, 3.05) is 19.6 Å². The molecule has 122 valence electrons. The van der Waals surface area contributed by atoms with Crippen molar-refractivity contribution in [2.45, 2.75) is 50.5 Å². The predicted octanol–water partition coefficient (Wildman–Crippen LogP) is 0.950. The van der Waals surface area contributed by atoms with Gasteiger partial charge in [-0.05, 0) is 38.0 Å². The molecule has 22 heavy (non-hydrogen) atoms. The average Bonchev–Trinajstić information content (AvgIpc) is 3.16. The Morgan fingerprint density at radius 2 is 1.95 bits per heavy atom. The monoisotopic (exact) mass is 308 g/mol. The predicted molar refractivity (Wildman–Crippen MR) is 80.2 cm³/mol.